The molecular formula is C24H25F3N2O4. The van der Waals surface area contributed by atoms with E-state index in [1.54, 1.807) is 31.2 Å². The summed E-state index contributed by atoms with van der Waals surface area (Å²) in [7, 11) is 1.45. The highest BCUT2D eigenvalue weighted by molar-refractivity contribution is 6.11. The van der Waals surface area contributed by atoms with Crippen molar-refractivity contribution in [2.75, 3.05) is 20.3 Å². The standard InChI is InChI=1S/C24H25F3N2O4/c1-16-7-3-5-9-18(16)23(14-21(31)29(22(23)32)11-12-33-2)13-20(30)28-15-17-8-4-6-10-19(17)24(25,26)27/h3-10H,11-15H2,1-2H3,(H,28,30). The number of likely N-dealkylation sites (tertiary alicyclic amines) is 1. The number of hydrogen-bond acceptors (Lipinski definition) is 4. The highest BCUT2D eigenvalue weighted by Gasteiger charge is 2.54. The number of imide groups is 1. The van der Waals surface area contributed by atoms with E-state index in [0.717, 1.165) is 16.5 Å². The lowest BCUT2D eigenvalue weighted by Crippen LogP contribution is -2.43. The Balaban J connectivity index is 1.87. The first-order valence-corrected chi connectivity index (χ1v) is 10.4. The van der Waals surface area contributed by atoms with E-state index in [4.69, 9.17) is 4.74 Å². The van der Waals surface area contributed by atoms with Crippen LogP contribution in [0.4, 0.5) is 13.2 Å². The van der Waals surface area contributed by atoms with Gasteiger partial charge in [0.2, 0.25) is 17.7 Å². The quantitative estimate of drug-likeness (QED) is 0.611. The minimum absolute atomic E-state index is 0.0579. The number of carbonyl (C=O) groups is 3. The fraction of sp³-hybridized carbons (Fsp3) is 0.375. The predicted molar refractivity (Wildman–Crippen MR) is 114 cm³/mol. The average Bonchev–Trinajstić information content (AvgIpc) is 3.00. The Labute approximate surface area is 189 Å². The third kappa shape index (κ3) is 5.08. The van der Waals surface area contributed by atoms with E-state index in [2.05, 4.69) is 5.32 Å². The normalized spacial score (nSPS) is 18.6. The number of methoxy groups -OCH3 is 1. The van der Waals surface area contributed by atoms with Crippen molar-refractivity contribution in [1.29, 1.82) is 0 Å². The molecule has 1 unspecified atom stereocenters. The highest BCUT2D eigenvalue weighted by Crippen LogP contribution is 2.41. The topological polar surface area (TPSA) is 75.7 Å². The molecule has 9 heteroatoms. The first-order chi connectivity index (χ1) is 15.6. The van der Waals surface area contributed by atoms with Gasteiger partial charge >= 0.3 is 6.18 Å². The number of hydrogen-bond donors (Lipinski definition) is 1. The summed E-state index contributed by atoms with van der Waals surface area (Å²) in [6.45, 7) is 1.64. The number of carbonyl (C=O) groups excluding carboxylic acids is 3. The zero-order chi connectivity index (χ0) is 24.2. The lowest BCUT2D eigenvalue weighted by molar-refractivity contribution is -0.141. The molecule has 6 nitrogen and oxygen atoms in total. The van der Waals surface area contributed by atoms with Gasteiger partial charge in [0, 0.05) is 26.5 Å². The van der Waals surface area contributed by atoms with E-state index in [9.17, 15) is 27.6 Å². The number of halogens is 3. The van der Waals surface area contributed by atoms with Gasteiger partial charge in [-0.15, -0.1) is 0 Å². The molecule has 1 heterocycles. The summed E-state index contributed by atoms with van der Waals surface area (Å²) in [5.74, 6) is -1.55. The third-order valence-electron chi connectivity index (χ3n) is 5.85. The Hall–Kier alpha value is -3.20. The first-order valence-electron chi connectivity index (χ1n) is 10.4. The number of nitrogens with zero attached hydrogens (tertiary/aromatic N) is 1. The van der Waals surface area contributed by atoms with Gasteiger partial charge < -0.3 is 10.1 Å². The molecule has 1 N–H and O–H groups in total. The van der Waals surface area contributed by atoms with Crippen LogP contribution in [0.15, 0.2) is 48.5 Å². The van der Waals surface area contributed by atoms with Gasteiger partial charge in [0.1, 0.15) is 0 Å². The molecule has 1 aliphatic rings. The number of amides is 3. The fourth-order valence-corrected chi connectivity index (χ4v) is 4.24. The Morgan fingerprint density at radius 3 is 2.45 bits per heavy atom. The summed E-state index contributed by atoms with van der Waals surface area (Å²) in [6.07, 6.45) is -5.12. The molecule has 0 saturated carbocycles. The second-order valence-corrected chi connectivity index (χ2v) is 8.03. The zero-order valence-corrected chi connectivity index (χ0v) is 18.4. The van der Waals surface area contributed by atoms with Gasteiger partial charge in [0.05, 0.1) is 24.1 Å². The molecule has 1 fully saturated rings. The molecule has 0 spiro atoms. The van der Waals surface area contributed by atoms with E-state index in [1.807, 2.05) is 0 Å². The maximum absolute atomic E-state index is 13.4. The maximum Gasteiger partial charge on any atom is 0.416 e. The van der Waals surface area contributed by atoms with Crippen molar-refractivity contribution in [3.8, 4) is 0 Å². The molecule has 2 aromatic rings. The molecule has 0 aromatic heterocycles. The molecule has 1 aliphatic heterocycles. The van der Waals surface area contributed by atoms with Gasteiger partial charge in [-0.05, 0) is 29.7 Å². The van der Waals surface area contributed by atoms with Crippen molar-refractivity contribution in [1.82, 2.24) is 10.2 Å². The summed E-state index contributed by atoms with van der Waals surface area (Å²) in [6, 6.07) is 12.0. The summed E-state index contributed by atoms with van der Waals surface area (Å²) in [5, 5.41) is 2.50. The van der Waals surface area contributed by atoms with E-state index in [-0.39, 0.29) is 38.1 Å². The molecule has 0 radical (unpaired) electrons. The lowest BCUT2D eigenvalue weighted by Gasteiger charge is -2.28. The molecule has 1 saturated heterocycles. The Bertz CT molecular complexity index is 1050. The molecule has 2 aromatic carbocycles. The summed E-state index contributed by atoms with van der Waals surface area (Å²) in [4.78, 5) is 40.1. The van der Waals surface area contributed by atoms with Gasteiger partial charge in [-0.3, -0.25) is 19.3 Å². The van der Waals surface area contributed by atoms with Gasteiger partial charge in [0.15, 0.2) is 0 Å². The van der Waals surface area contributed by atoms with Crippen LogP contribution in [0.3, 0.4) is 0 Å². The van der Waals surface area contributed by atoms with Crippen molar-refractivity contribution in [3.63, 3.8) is 0 Å². The van der Waals surface area contributed by atoms with Crippen molar-refractivity contribution in [3.05, 3.63) is 70.8 Å². The molecule has 1 atom stereocenters. The molecule has 33 heavy (non-hydrogen) atoms. The van der Waals surface area contributed by atoms with Crippen molar-refractivity contribution >= 4 is 17.7 Å². The molecule has 0 aliphatic carbocycles. The molecule has 3 rings (SSSR count). The van der Waals surface area contributed by atoms with Crippen molar-refractivity contribution in [2.24, 2.45) is 0 Å². The van der Waals surface area contributed by atoms with Crippen LogP contribution in [0.2, 0.25) is 0 Å². The highest BCUT2D eigenvalue weighted by atomic mass is 19.4. The van der Waals surface area contributed by atoms with Gasteiger partial charge in [-0.1, -0.05) is 42.5 Å². The predicted octanol–water partition coefficient (Wildman–Crippen LogP) is 3.36. The molecular weight excluding hydrogens is 437 g/mol. The second-order valence-electron chi connectivity index (χ2n) is 8.03. The summed E-state index contributed by atoms with van der Waals surface area (Å²) in [5.41, 5.74) is -1.06. The number of benzene rings is 2. The molecule has 176 valence electrons. The first kappa shape index (κ1) is 24.4. The summed E-state index contributed by atoms with van der Waals surface area (Å²) >= 11 is 0. The Kier molecular flexibility index (Phi) is 7.22. The second kappa shape index (κ2) is 9.74. The van der Waals surface area contributed by atoms with Crippen LogP contribution in [0.1, 0.15) is 35.1 Å². The van der Waals surface area contributed by atoms with Crippen molar-refractivity contribution < 1.29 is 32.3 Å². The zero-order valence-electron chi connectivity index (χ0n) is 18.4. The molecule has 3 amide bonds. The fourth-order valence-electron chi connectivity index (χ4n) is 4.24. The number of nitrogens with one attached hydrogen (secondary N) is 1. The minimum Gasteiger partial charge on any atom is -0.383 e. The van der Waals surface area contributed by atoms with Crippen LogP contribution in [-0.4, -0.2) is 42.9 Å². The van der Waals surface area contributed by atoms with Gasteiger partial charge in [-0.25, -0.2) is 0 Å². The third-order valence-corrected chi connectivity index (χ3v) is 5.85. The lowest BCUT2D eigenvalue weighted by atomic mass is 9.74. The van der Waals surface area contributed by atoms with Crippen LogP contribution in [-0.2, 0) is 37.3 Å². The average molecular weight is 462 g/mol. The Morgan fingerprint density at radius 2 is 1.79 bits per heavy atom. The number of ether oxygens (including phenoxy) is 1. The SMILES string of the molecule is COCCN1C(=O)CC(CC(=O)NCc2ccccc2C(F)(F)F)(c2ccccc2C)C1=O. The van der Waals surface area contributed by atoms with Crippen molar-refractivity contribution in [2.45, 2.75) is 37.9 Å². The number of aryl methyl sites for hydroxylation is 1. The molecule has 0 bridgehead atoms. The van der Waals surface area contributed by atoms with Crippen LogP contribution in [0, 0.1) is 6.92 Å². The monoisotopic (exact) mass is 462 g/mol. The van der Waals surface area contributed by atoms with Gasteiger partial charge in [-0.2, -0.15) is 13.2 Å². The van der Waals surface area contributed by atoms with Gasteiger partial charge in [0.25, 0.3) is 0 Å². The van der Waals surface area contributed by atoms with Crippen LogP contribution in [0.5, 0.6) is 0 Å². The number of alkyl halides is 3. The van der Waals surface area contributed by atoms with E-state index in [0.29, 0.717) is 5.56 Å². The largest absolute Gasteiger partial charge is 0.416 e. The maximum atomic E-state index is 13.4. The minimum atomic E-state index is -4.56. The Morgan fingerprint density at radius 1 is 1.12 bits per heavy atom. The number of rotatable bonds is 8. The van der Waals surface area contributed by atoms with Crippen LogP contribution in [0.25, 0.3) is 0 Å². The summed E-state index contributed by atoms with van der Waals surface area (Å²) < 4.78 is 44.8. The smallest absolute Gasteiger partial charge is 0.383 e. The van der Waals surface area contributed by atoms with Crippen LogP contribution < -0.4 is 5.32 Å². The van der Waals surface area contributed by atoms with Crippen LogP contribution >= 0.6 is 0 Å². The van der Waals surface area contributed by atoms with E-state index in [1.165, 1.54) is 25.3 Å². The van der Waals surface area contributed by atoms with E-state index >= 15 is 0 Å². The van der Waals surface area contributed by atoms with E-state index < -0.39 is 34.9 Å².